The first-order valence-corrected chi connectivity index (χ1v) is 7.62. The number of rotatable bonds is 4. The van der Waals surface area contributed by atoms with Crippen molar-refractivity contribution in [1.82, 2.24) is 0 Å². The fourth-order valence-electron chi connectivity index (χ4n) is 2.15. The Balaban J connectivity index is 2.49. The number of benzene rings is 2. The van der Waals surface area contributed by atoms with E-state index >= 15 is 0 Å². The Morgan fingerprint density at radius 3 is 2.26 bits per heavy atom. The molecule has 2 rings (SSSR count). The molecule has 0 aliphatic rings. The molecule has 120 valence electrons. The van der Waals surface area contributed by atoms with Crippen molar-refractivity contribution in [2.45, 2.75) is 13.0 Å². The summed E-state index contributed by atoms with van der Waals surface area (Å²) in [7, 11) is 1.28. The van der Waals surface area contributed by atoms with Gasteiger partial charge in [0.25, 0.3) is 5.91 Å². The molecule has 6 heteroatoms. The number of hydrogen-bond acceptors (Lipinski definition) is 3. The molecule has 2 aromatic rings. The van der Waals surface area contributed by atoms with Crippen molar-refractivity contribution in [2.24, 2.45) is 0 Å². The van der Waals surface area contributed by atoms with Gasteiger partial charge in [-0.3, -0.25) is 9.69 Å². The van der Waals surface area contributed by atoms with Gasteiger partial charge in [-0.25, -0.2) is 4.79 Å². The van der Waals surface area contributed by atoms with Crippen molar-refractivity contribution in [3.63, 3.8) is 0 Å². The molecule has 0 heterocycles. The van der Waals surface area contributed by atoms with Gasteiger partial charge in [0.05, 0.1) is 17.2 Å². The first-order chi connectivity index (χ1) is 11.0. The van der Waals surface area contributed by atoms with Gasteiger partial charge in [-0.1, -0.05) is 41.4 Å². The first-order valence-electron chi connectivity index (χ1n) is 6.87. The van der Waals surface area contributed by atoms with Crippen LogP contribution in [0.2, 0.25) is 10.0 Å². The van der Waals surface area contributed by atoms with E-state index in [9.17, 15) is 9.59 Å². The number of hydrogen-bond donors (Lipinski definition) is 0. The van der Waals surface area contributed by atoms with E-state index in [0.717, 1.165) is 0 Å². The van der Waals surface area contributed by atoms with Gasteiger partial charge in [0.1, 0.15) is 6.04 Å². The average Bonchev–Trinajstić information content (AvgIpc) is 2.58. The fraction of sp³-hybridized carbons (Fsp3) is 0.176. The summed E-state index contributed by atoms with van der Waals surface area (Å²) in [6.45, 7) is 1.59. The molecule has 0 aliphatic carbocycles. The monoisotopic (exact) mass is 351 g/mol. The van der Waals surface area contributed by atoms with Gasteiger partial charge in [0.15, 0.2) is 0 Å². The minimum Gasteiger partial charge on any atom is -0.467 e. The number of carbonyl (C=O) groups excluding carboxylic acids is 2. The quantitative estimate of drug-likeness (QED) is 0.775. The van der Waals surface area contributed by atoms with Crippen molar-refractivity contribution in [1.29, 1.82) is 0 Å². The van der Waals surface area contributed by atoms with Crippen LogP contribution >= 0.6 is 23.2 Å². The van der Waals surface area contributed by atoms with Gasteiger partial charge in [-0.15, -0.1) is 0 Å². The van der Waals surface area contributed by atoms with Gasteiger partial charge in [-0.2, -0.15) is 0 Å². The molecule has 0 bridgehead atoms. The average molecular weight is 352 g/mol. The standard InChI is InChI=1S/C17H15Cl2NO3/c1-11(17(22)23-2)20(13-8-9-14(18)15(19)10-13)16(21)12-6-4-3-5-7-12/h3-11H,1-2H3/t11-/m0/s1. The Labute approximate surface area is 144 Å². The normalized spacial score (nSPS) is 11.7. The van der Waals surface area contributed by atoms with Gasteiger partial charge < -0.3 is 4.74 Å². The zero-order valence-corrected chi connectivity index (χ0v) is 14.1. The summed E-state index contributed by atoms with van der Waals surface area (Å²) < 4.78 is 4.76. The second kappa shape index (κ2) is 7.49. The second-order valence-electron chi connectivity index (χ2n) is 4.84. The Kier molecular flexibility index (Phi) is 5.64. The summed E-state index contributed by atoms with van der Waals surface area (Å²) in [5.41, 5.74) is 0.917. The third-order valence-corrected chi connectivity index (χ3v) is 4.09. The summed E-state index contributed by atoms with van der Waals surface area (Å²) in [4.78, 5) is 26.1. The van der Waals surface area contributed by atoms with Crippen molar-refractivity contribution in [3.8, 4) is 0 Å². The Morgan fingerprint density at radius 1 is 1.04 bits per heavy atom. The first kappa shape index (κ1) is 17.3. The van der Waals surface area contributed by atoms with Crippen LogP contribution < -0.4 is 4.90 Å². The van der Waals surface area contributed by atoms with Gasteiger partial charge in [0, 0.05) is 11.3 Å². The molecule has 0 radical (unpaired) electrons. The summed E-state index contributed by atoms with van der Waals surface area (Å²) in [5.74, 6) is -0.859. The minimum absolute atomic E-state index is 0.298. The maximum atomic E-state index is 12.8. The lowest BCUT2D eigenvalue weighted by Crippen LogP contribution is -2.44. The highest BCUT2D eigenvalue weighted by Crippen LogP contribution is 2.29. The summed E-state index contributed by atoms with van der Waals surface area (Å²) in [6, 6.07) is 12.6. The van der Waals surface area contributed by atoms with E-state index < -0.39 is 12.0 Å². The lowest BCUT2D eigenvalue weighted by molar-refractivity contribution is -0.141. The third-order valence-electron chi connectivity index (χ3n) is 3.35. The summed E-state index contributed by atoms with van der Waals surface area (Å²) in [5, 5.41) is 0.667. The summed E-state index contributed by atoms with van der Waals surface area (Å²) >= 11 is 12.0. The van der Waals surface area contributed by atoms with Crippen LogP contribution in [0.4, 0.5) is 5.69 Å². The highest BCUT2D eigenvalue weighted by molar-refractivity contribution is 6.42. The molecule has 0 spiro atoms. The lowest BCUT2D eigenvalue weighted by atomic mass is 10.1. The highest BCUT2D eigenvalue weighted by atomic mass is 35.5. The molecule has 1 amide bonds. The van der Waals surface area contributed by atoms with Gasteiger partial charge >= 0.3 is 5.97 Å². The van der Waals surface area contributed by atoms with E-state index in [1.54, 1.807) is 49.4 Å². The topological polar surface area (TPSA) is 46.6 Å². The molecule has 0 saturated carbocycles. The molecule has 0 saturated heterocycles. The largest absolute Gasteiger partial charge is 0.467 e. The van der Waals surface area contributed by atoms with E-state index in [0.29, 0.717) is 21.3 Å². The van der Waals surface area contributed by atoms with Crippen LogP contribution in [0.5, 0.6) is 0 Å². The van der Waals surface area contributed by atoms with Crippen molar-refractivity contribution in [2.75, 3.05) is 12.0 Å². The van der Waals surface area contributed by atoms with Gasteiger partial charge in [0.2, 0.25) is 0 Å². The van der Waals surface area contributed by atoms with Gasteiger partial charge in [-0.05, 0) is 37.3 Å². The van der Waals surface area contributed by atoms with Crippen molar-refractivity contribution >= 4 is 40.8 Å². The number of methoxy groups -OCH3 is 1. The Bertz CT molecular complexity index is 719. The highest BCUT2D eigenvalue weighted by Gasteiger charge is 2.29. The minimum atomic E-state index is -0.815. The predicted octanol–water partition coefficient (Wildman–Crippen LogP) is 4.20. The van der Waals surface area contributed by atoms with E-state index in [4.69, 9.17) is 27.9 Å². The molecular weight excluding hydrogens is 337 g/mol. The molecule has 0 N–H and O–H groups in total. The molecule has 23 heavy (non-hydrogen) atoms. The van der Waals surface area contributed by atoms with E-state index in [2.05, 4.69) is 0 Å². The molecule has 0 aromatic heterocycles. The number of ether oxygens (including phenoxy) is 1. The zero-order chi connectivity index (χ0) is 17.0. The number of amides is 1. The SMILES string of the molecule is COC(=O)[C@H](C)N(C(=O)c1ccccc1)c1ccc(Cl)c(Cl)c1. The summed E-state index contributed by atoms with van der Waals surface area (Å²) in [6.07, 6.45) is 0. The van der Waals surface area contributed by atoms with Crippen LogP contribution in [0, 0.1) is 0 Å². The molecule has 0 aliphatic heterocycles. The molecule has 4 nitrogen and oxygen atoms in total. The van der Waals surface area contributed by atoms with E-state index in [1.807, 2.05) is 6.07 Å². The molecule has 0 unspecified atom stereocenters. The molecular formula is C17H15Cl2NO3. The number of nitrogens with zero attached hydrogens (tertiary/aromatic N) is 1. The molecule has 2 aromatic carbocycles. The maximum Gasteiger partial charge on any atom is 0.328 e. The second-order valence-corrected chi connectivity index (χ2v) is 5.65. The van der Waals surface area contributed by atoms with Crippen LogP contribution in [0.25, 0.3) is 0 Å². The third kappa shape index (κ3) is 3.84. The molecule has 0 fully saturated rings. The number of carbonyl (C=O) groups is 2. The van der Waals surface area contributed by atoms with Crippen LogP contribution in [-0.2, 0) is 9.53 Å². The number of halogens is 2. The van der Waals surface area contributed by atoms with E-state index in [1.165, 1.54) is 12.0 Å². The predicted molar refractivity (Wildman–Crippen MR) is 91.2 cm³/mol. The fourth-order valence-corrected chi connectivity index (χ4v) is 2.44. The van der Waals surface area contributed by atoms with Crippen molar-refractivity contribution in [3.05, 3.63) is 64.1 Å². The van der Waals surface area contributed by atoms with E-state index in [-0.39, 0.29) is 5.91 Å². The number of esters is 1. The van der Waals surface area contributed by atoms with Crippen LogP contribution in [0.1, 0.15) is 17.3 Å². The zero-order valence-electron chi connectivity index (χ0n) is 12.6. The van der Waals surface area contributed by atoms with Crippen LogP contribution in [-0.4, -0.2) is 25.0 Å². The Morgan fingerprint density at radius 2 is 1.70 bits per heavy atom. The Hall–Kier alpha value is -2.04. The van der Waals surface area contributed by atoms with Crippen LogP contribution in [0.15, 0.2) is 48.5 Å². The lowest BCUT2D eigenvalue weighted by Gasteiger charge is -2.28. The smallest absolute Gasteiger partial charge is 0.328 e. The maximum absolute atomic E-state index is 12.8. The van der Waals surface area contributed by atoms with Crippen molar-refractivity contribution < 1.29 is 14.3 Å². The molecule has 1 atom stereocenters. The number of anilines is 1. The van der Waals surface area contributed by atoms with Crippen LogP contribution in [0.3, 0.4) is 0 Å².